The van der Waals surface area contributed by atoms with Crippen molar-refractivity contribution >= 4 is 0 Å². The van der Waals surface area contributed by atoms with Gasteiger partial charge in [0, 0.05) is 32.9 Å². The molecule has 0 spiro atoms. The van der Waals surface area contributed by atoms with Crippen LogP contribution in [0.15, 0.2) is 24.5 Å². The number of rotatable bonds is 3. The molecule has 0 bridgehead atoms. The molecule has 0 aromatic carbocycles. The molecule has 1 atom stereocenters. The Morgan fingerprint density at radius 1 is 1.40 bits per heavy atom. The lowest BCUT2D eigenvalue weighted by Gasteiger charge is -2.09. The highest BCUT2D eigenvalue weighted by Gasteiger charge is 2.11. The van der Waals surface area contributed by atoms with Crippen molar-refractivity contribution in [2.75, 3.05) is 0 Å². The smallest absolute Gasteiger partial charge is 0.0643 e. The minimum atomic E-state index is -0.0487. The zero-order valence-corrected chi connectivity index (χ0v) is 8.96. The highest BCUT2D eigenvalue weighted by Crippen LogP contribution is 2.13. The van der Waals surface area contributed by atoms with Gasteiger partial charge in [-0.2, -0.15) is 10.2 Å². The van der Waals surface area contributed by atoms with Gasteiger partial charge in [-0.1, -0.05) is 0 Å². The van der Waals surface area contributed by atoms with Gasteiger partial charge in [-0.15, -0.1) is 0 Å². The van der Waals surface area contributed by atoms with Crippen LogP contribution in [-0.2, 0) is 20.5 Å². The molecule has 0 saturated heterocycles. The lowest BCUT2D eigenvalue weighted by atomic mass is 10.1. The summed E-state index contributed by atoms with van der Waals surface area (Å²) in [6, 6.07) is 3.87. The molecule has 2 rings (SSSR count). The highest BCUT2D eigenvalue weighted by atomic mass is 15.3. The van der Waals surface area contributed by atoms with Crippen molar-refractivity contribution in [3.63, 3.8) is 0 Å². The Hall–Kier alpha value is -1.62. The molecule has 15 heavy (non-hydrogen) atoms. The van der Waals surface area contributed by atoms with Gasteiger partial charge in [-0.3, -0.25) is 9.36 Å². The minimum absolute atomic E-state index is 0.0487. The first-order valence-electron chi connectivity index (χ1n) is 4.89. The maximum Gasteiger partial charge on any atom is 0.0643 e. The summed E-state index contributed by atoms with van der Waals surface area (Å²) in [5.41, 5.74) is 8.11. The maximum atomic E-state index is 6.07. The van der Waals surface area contributed by atoms with Gasteiger partial charge in [-0.25, -0.2) is 0 Å². The van der Waals surface area contributed by atoms with Crippen LogP contribution < -0.4 is 5.73 Å². The van der Waals surface area contributed by atoms with Crippen molar-refractivity contribution in [3.8, 4) is 0 Å². The Bertz CT molecular complexity index is 442. The molecule has 0 radical (unpaired) electrons. The van der Waals surface area contributed by atoms with Crippen LogP contribution in [0.3, 0.4) is 0 Å². The molecule has 5 nitrogen and oxygen atoms in total. The quantitative estimate of drug-likeness (QED) is 0.788. The van der Waals surface area contributed by atoms with Crippen LogP contribution in [0.2, 0.25) is 0 Å². The molecule has 0 aliphatic carbocycles. The van der Waals surface area contributed by atoms with Crippen LogP contribution in [0.25, 0.3) is 0 Å². The molecule has 2 heterocycles. The van der Waals surface area contributed by atoms with E-state index >= 15 is 0 Å². The zero-order valence-electron chi connectivity index (χ0n) is 8.96. The van der Waals surface area contributed by atoms with E-state index in [1.807, 2.05) is 32.4 Å². The maximum absolute atomic E-state index is 6.07. The van der Waals surface area contributed by atoms with Crippen molar-refractivity contribution in [1.82, 2.24) is 19.6 Å². The fourth-order valence-corrected chi connectivity index (χ4v) is 1.65. The van der Waals surface area contributed by atoms with E-state index < -0.39 is 0 Å². The lowest BCUT2D eigenvalue weighted by Crippen LogP contribution is -2.17. The second-order valence-corrected chi connectivity index (χ2v) is 3.67. The van der Waals surface area contributed by atoms with Gasteiger partial charge in [-0.05, 0) is 12.1 Å². The van der Waals surface area contributed by atoms with E-state index in [1.165, 1.54) is 0 Å². The third-order valence-electron chi connectivity index (χ3n) is 2.44. The van der Waals surface area contributed by atoms with Gasteiger partial charge < -0.3 is 5.73 Å². The van der Waals surface area contributed by atoms with Crippen molar-refractivity contribution in [1.29, 1.82) is 0 Å². The van der Waals surface area contributed by atoms with Crippen LogP contribution in [0.1, 0.15) is 17.4 Å². The van der Waals surface area contributed by atoms with E-state index in [4.69, 9.17) is 5.73 Å². The number of aryl methyl sites for hydroxylation is 2. The van der Waals surface area contributed by atoms with E-state index in [0.717, 1.165) is 17.8 Å². The summed E-state index contributed by atoms with van der Waals surface area (Å²) in [6.07, 6.45) is 4.42. The highest BCUT2D eigenvalue weighted by molar-refractivity contribution is 5.11. The predicted octanol–water partition coefficient (Wildman–Crippen LogP) is 0.396. The van der Waals surface area contributed by atoms with Gasteiger partial charge in [0.2, 0.25) is 0 Å². The third kappa shape index (κ3) is 2.07. The fourth-order valence-electron chi connectivity index (χ4n) is 1.65. The predicted molar refractivity (Wildman–Crippen MR) is 57.0 cm³/mol. The SMILES string of the molecule is Cn1ccc(CC(N)c2ccnn2C)n1. The van der Waals surface area contributed by atoms with Crippen molar-refractivity contribution in [2.45, 2.75) is 12.5 Å². The van der Waals surface area contributed by atoms with Crippen LogP contribution in [0.4, 0.5) is 0 Å². The summed E-state index contributed by atoms with van der Waals surface area (Å²) in [4.78, 5) is 0. The molecular formula is C10H15N5. The third-order valence-corrected chi connectivity index (χ3v) is 2.44. The van der Waals surface area contributed by atoms with Gasteiger partial charge in [0.1, 0.15) is 0 Å². The molecule has 1 unspecified atom stereocenters. The average Bonchev–Trinajstić information content (AvgIpc) is 2.75. The van der Waals surface area contributed by atoms with E-state index in [9.17, 15) is 0 Å². The number of nitrogens with zero attached hydrogens (tertiary/aromatic N) is 4. The molecule has 5 heteroatoms. The second-order valence-electron chi connectivity index (χ2n) is 3.67. The Kier molecular flexibility index (Phi) is 2.55. The summed E-state index contributed by atoms with van der Waals surface area (Å²) < 4.78 is 3.58. The lowest BCUT2D eigenvalue weighted by molar-refractivity contribution is 0.604. The van der Waals surface area contributed by atoms with E-state index in [2.05, 4.69) is 10.2 Å². The van der Waals surface area contributed by atoms with Crippen molar-refractivity contribution in [2.24, 2.45) is 19.8 Å². The molecule has 2 N–H and O–H groups in total. The average molecular weight is 205 g/mol. The molecule has 80 valence electrons. The van der Waals surface area contributed by atoms with Crippen LogP contribution >= 0.6 is 0 Å². The summed E-state index contributed by atoms with van der Waals surface area (Å²) in [6.45, 7) is 0. The molecular weight excluding hydrogens is 190 g/mol. The van der Waals surface area contributed by atoms with Crippen LogP contribution in [0.5, 0.6) is 0 Å². The largest absolute Gasteiger partial charge is 0.322 e. The first kappa shape index (κ1) is 9.92. The fraction of sp³-hybridized carbons (Fsp3) is 0.400. The minimum Gasteiger partial charge on any atom is -0.322 e. The molecule has 2 aromatic heterocycles. The van der Waals surface area contributed by atoms with E-state index in [0.29, 0.717) is 0 Å². The Morgan fingerprint density at radius 3 is 2.73 bits per heavy atom. The van der Waals surface area contributed by atoms with Crippen LogP contribution in [0, 0.1) is 0 Å². The summed E-state index contributed by atoms with van der Waals surface area (Å²) in [5.74, 6) is 0. The number of aromatic nitrogens is 4. The van der Waals surface area contributed by atoms with Gasteiger partial charge in [0.15, 0.2) is 0 Å². The molecule has 0 fully saturated rings. The van der Waals surface area contributed by atoms with Crippen LogP contribution in [-0.4, -0.2) is 19.6 Å². The molecule has 0 amide bonds. The second kappa shape index (κ2) is 3.86. The molecule has 2 aromatic rings. The van der Waals surface area contributed by atoms with Crippen molar-refractivity contribution < 1.29 is 0 Å². The Labute approximate surface area is 88.5 Å². The number of nitrogens with two attached hydrogens (primary N) is 1. The Morgan fingerprint density at radius 2 is 2.20 bits per heavy atom. The summed E-state index contributed by atoms with van der Waals surface area (Å²) >= 11 is 0. The molecule has 0 saturated carbocycles. The van der Waals surface area contributed by atoms with Crippen molar-refractivity contribution in [3.05, 3.63) is 35.9 Å². The van der Waals surface area contributed by atoms with E-state index in [1.54, 1.807) is 15.6 Å². The first-order valence-corrected chi connectivity index (χ1v) is 4.89. The van der Waals surface area contributed by atoms with E-state index in [-0.39, 0.29) is 6.04 Å². The van der Waals surface area contributed by atoms with Gasteiger partial charge in [0.05, 0.1) is 17.4 Å². The number of hydrogen-bond donors (Lipinski definition) is 1. The van der Waals surface area contributed by atoms with Gasteiger partial charge >= 0.3 is 0 Å². The summed E-state index contributed by atoms with van der Waals surface area (Å²) in [7, 11) is 3.80. The topological polar surface area (TPSA) is 61.7 Å². The Balaban J connectivity index is 2.10. The monoisotopic (exact) mass is 205 g/mol. The summed E-state index contributed by atoms with van der Waals surface area (Å²) in [5, 5.41) is 8.39. The van der Waals surface area contributed by atoms with Gasteiger partial charge in [0.25, 0.3) is 0 Å². The normalized spacial score (nSPS) is 13.0. The zero-order chi connectivity index (χ0) is 10.8. The molecule has 0 aliphatic rings. The standard InChI is InChI=1S/C10H15N5/c1-14-6-4-8(13-14)7-9(11)10-3-5-12-15(10)2/h3-6,9H,7,11H2,1-2H3. The number of hydrogen-bond acceptors (Lipinski definition) is 3. The first-order chi connectivity index (χ1) is 7.16. The molecule has 0 aliphatic heterocycles.